The molecule has 1 saturated heterocycles. The standard InChI is InChI=1S/C22H20F4N2O2/c23-17-7-3-15(4-8-17)20(29)27-9-11-28(12-10-27)21(30)19-13-18(19)14-1-5-16(6-2-14)22(24,25)26/h1-8,18-19H,9-13H2. The molecule has 0 spiro atoms. The molecular weight excluding hydrogens is 400 g/mol. The van der Waals surface area contributed by atoms with Gasteiger partial charge in [0.15, 0.2) is 0 Å². The second kappa shape index (κ2) is 7.74. The van der Waals surface area contributed by atoms with Crippen LogP contribution in [0.5, 0.6) is 0 Å². The molecule has 158 valence electrons. The second-order valence-corrected chi connectivity index (χ2v) is 7.69. The summed E-state index contributed by atoms with van der Waals surface area (Å²) in [5.41, 5.74) is 0.448. The fourth-order valence-electron chi connectivity index (χ4n) is 3.90. The molecule has 0 aromatic heterocycles. The predicted molar refractivity (Wildman–Crippen MR) is 101 cm³/mol. The van der Waals surface area contributed by atoms with E-state index >= 15 is 0 Å². The topological polar surface area (TPSA) is 40.6 Å². The molecule has 1 saturated carbocycles. The third-order valence-corrected chi connectivity index (χ3v) is 5.74. The molecule has 8 heteroatoms. The molecule has 2 aliphatic rings. The lowest BCUT2D eigenvalue weighted by atomic mass is 10.1. The van der Waals surface area contributed by atoms with E-state index in [0.717, 1.165) is 17.7 Å². The molecule has 2 aromatic carbocycles. The molecule has 0 N–H and O–H groups in total. The van der Waals surface area contributed by atoms with Crippen molar-refractivity contribution >= 4 is 11.8 Å². The predicted octanol–water partition coefficient (Wildman–Crippen LogP) is 3.93. The van der Waals surface area contributed by atoms with E-state index < -0.39 is 17.6 Å². The number of carbonyl (C=O) groups is 2. The van der Waals surface area contributed by atoms with Crippen LogP contribution in [0.3, 0.4) is 0 Å². The van der Waals surface area contributed by atoms with Crippen molar-refractivity contribution in [3.8, 4) is 0 Å². The highest BCUT2D eigenvalue weighted by Crippen LogP contribution is 2.49. The SMILES string of the molecule is O=C(c1ccc(F)cc1)N1CCN(C(=O)C2CC2c2ccc(C(F)(F)F)cc2)CC1. The maximum Gasteiger partial charge on any atom is 0.416 e. The molecule has 4 nitrogen and oxygen atoms in total. The van der Waals surface area contributed by atoms with Crippen LogP contribution in [0.15, 0.2) is 48.5 Å². The Morgan fingerprint density at radius 3 is 1.97 bits per heavy atom. The van der Waals surface area contributed by atoms with Gasteiger partial charge in [0, 0.05) is 37.7 Å². The lowest BCUT2D eigenvalue weighted by molar-refractivity contribution is -0.137. The average Bonchev–Trinajstić information content (AvgIpc) is 3.54. The van der Waals surface area contributed by atoms with Crippen LogP contribution in [0.4, 0.5) is 17.6 Å². The Hall–Kier alpha value is -2.90. The maximum absolute atomic E-state index is 13.0. The molecule has 2 atom stereocenters. The minimum absolute atomic E-state index is 0.0196. The van der Waals surface area contributed by atoms with Gasteiger partial charge in [0.2, 0.25) is 5.91 Å². The number of piperazine rings is 1. The third-order valence-electron chi connectivity index (χ3n) is 5.74. The summed E-state index contributed by atoms with van der Waals surface area (Å²) in [4.78, 5) is 28.6. The van der Waals surface area contributed by atoms with Crippen molar-refractivity contribution in [1.29, 1.82) is 0 Å². The Bertz CT molecular complexity index is 933. The highest BCUT2D eigenvalue weighted by Gasteiger charge is 2.46. The summed E-state index contributed by atoms with van der Waals surface area (Å²) in [6, 6.07) is 10.3. The zero-order chi connectivity index (χ0) is 21.5. The summed E-state index contributed by atoms with van der Waals surface area (Å²) in [7, 11) is 0. The number of alkyl halides is 3. The zero-order valence-electron chi connectivity index (χ0n) is 16.0. The Labute approximate surface area is 171 Å². The van der Waals surface area contributed by atoms with Crippen LogP contribution in [-0.4, -0.2) is 47.8 Å². The molecule has 2 amide bonds. The van der Waals surface area contributed by atoms with Crippen molar-refractivity contribution in [3.05, 3.63) is 71.0 Å². The maximum atomic E-state index is 13.0. The van der Waals surface area contributed by atoms with Gasteiger partial charge in [-0.3, -0.25) is 9.59 Å². The van der Waals surface area contributed by atoms with Gasteiger partial charge in [-0.25, -0.2) is 4.39 Å². The van der Waals surface area contributed by atoms with Crippen LogP contribution in [0, 0.1) is 11.7 Å². The summed E-state index contributed by atoms with van der Waals surface area (Å²) in [6.07, 6.45) is -3.75. The molecule has 0 radical (unpaired) electrons. The quantitative estimate of drug-likeness (QED) is 0.706. The van der Waals surface area contributed by atoms with Gasteiger partial charge in [0.25, 0.3) is 5.91 Å². The lowest BCUT2D eigenvalue weighted by Crippen LogP contribution is -2.51. The fraction of sp³-hybridized carbons (Fsp3) is 0.364. The van der Waals surface area contributed by atoms with E-state index in [1.807, 2.05) is 0 Å². The zero-order valence-corrected chi connectivity index (χ0v) is 16.0. The molecule has 1 aliphatic heterocycles. The summed E-state index contributed by atoms with van der Waals surface area (Å²) >= 11 is 0. The van der Waals surface area contributed by atoms with Crippen LogP contribution in [-0.2, 0) is 11.0 Å². The monoisotopic (exact) mass is 420 g/mol. The van der Waals surface area contributed by atoms with Crippen LogP contribution >= 0.6 is 0 Å². The van der Waals surface area contributed by atoms with Crippen molar-refractivity contribution in [3.63, 3.8) is 0 Å². The first-order chi connectivity index (χ1) is 14.2. The molecule has 2 fully saturated rings. The van der Waals surface area contributed by atoms with Gasteiger partial charge in [0.1, 0.15) is 5.82 Å². The summed E-state index contributed by atoms with van der Waals surface area (Å²) in [5, 5.41) is 0. The summed E-state index contributed by atoms with van der Waals surface area (Å²) in [5.74, 6) is -0.904. The smallest absolute Gasteiger partial charge is 0.339 e. The molecule has 30 heavy (non-hydrogen) atoms. The Kier molecular flexibility index (Phi) is 5.26. The number of benzene rings is 2. The van der Waals surface area contributed by atoms with Crippen molar-refractivity contribution in [1.82, 2.24) is 9.80 Å². The molecule has 0 bridgehead atoms. The normalized spacial score (nSPS) is 21.5. The fourth-order valence-corrected chi connectivity index (χ4v) is 3.90. The van der Waals surface area contributed by atoms with Crippen molar-refractivity contribution < 1.29 is 27.2 Å². The van der Waals surface area contributed by atoms with Crippen LogP contribution in [0.25, 0.3) is 0 Å². The first-order valence-electron chi connectivity index (χ1n) is 9.75. The molecule has 2 aromatic rings. The Morgan fingerprint density at radius 1 is 0.833 bits per heavy atom. The first-order valence-corrected chi connectivity index (χ1v) is 9.75. The number of carbonyl (C=O) groups excluding carboxylic acids is 2. The van der Waals surface area contributed by atoms with Gasteiger partial charge in [-0.2, -0.15) is 13.2 Å². The molecular formula is C22H20F4N2O2. The van der Waals surface area contributed by atoms with Crippen molar-refractivity contribution in [2.24, 2.45) is 5.92 Å². The second-order valence-electron chi connectivity index (χ2n) is 7.69. The minimum atomic E-state index is -4.37. The number of halogens is 4. The highest BCUT2D eigenvalue weighted by atomic mass is 19.4. The summed E-state index contributed by atoms with van der Waals surface area (Å²) < 4.78 is 51.1. The van der Waals surface area contributed by atoms with Crippen LogP contribution in [0.1, 0.15) is 33.8 Å². The van der Waals surface area contributed by atoms with Crippen LogP contribution < -0.4 is 0 Å². The van der Waals surface area contributed by atoms with E-state index in [1.54, 1.807) is 9.80 Å². The van der Waals surface area contributed by atoms with E-state index in [0.29, 0.717) is 38.2 Å². The van der Waals surface area contributed by atoms with Crippen molar-refractivity contribution in [2.75, 3.05) is 26.2 Å². The average molecular weight is 420 g/mol. The number of nitrogens with zero attached hydrogens (tertiary/aromatic N) is 2. The van der Waals surface area contributed by atoms with Gasteiger partial charge in [-0.05, 0) is 54.3 Å². The van der Waals surface area contributed by atoms with E-state index in [-0.39, 0.29) is 23.7 Å². The van der Waals surface area contributed by atoms with E-state index in [1.165, 1.54) is 36.4 Å². The first kappa shape index (κ1) is 20.4. The number of hydrogen-bond acceptors (Lipinski definition) is 2. The van der Waals surface area contributed by atoms with Gasteiger partial charge >= 0.3 is 6.18 Å². The lowest BCUT2D eigenvalue weighted by Gasteiger charge is -2.35. The van der Waals surface area contributed by atoms with E-state index in [9.17, 15) is 27.2 Å². The number of hydrogen-bond donors (Lipinski definition) is 0. The van der Waals surface area contributed by atoms with E-state index in [2.05, 4.69) is 0 Å². The van der Waals surface area contributed by atoms with Gasteiger partial charge in [0.05, 0.1) is 5.56 Å². The summed E-state index contributed by atoms with van der Waals surface area (Å²) in [6.45, 7) is 1.59. The number of rotatable bonds is 3. The van der Waals surface area contributed by atoms with Gasteiger partial charge in [-0.15, -0.1) is 0 Å². The molecule has 2 unspecified atom stereocenters. The largest absolute Gasteiger partial charge is 0.416 e. The third kappa shape index (κ3) is 4.17. The minimum Gasteiger partial charge on any atom is -0.339 e. The molecule has 1 aliphatic carbocycles. The van der Waals surface area contributed by atoms with Crippen LogP contribution in [0.2, 0.25) is 0 Å². The van der Waals surface area contributed by atoms with Gasteiger partial charge < -0.3 is 9.80 Å². The van der Waals surface area contributed by atoms with Gasteiger partial charge in [-0.1, -0.05) is 12.1 Å². The molecule has 1 heterocycles. The Morgan fingerprint density at radius 2 is 1.40 bits per heavy atom. The number of amides is 2. The van der Waals surface area contributed by atoms with Crippen molar-refractivity contribution in [2.45, 2.75) is 18.5 Å². The van der Waals surface area contributed by atoms with E-state index in [4.69, 9.17) is 0 Å². The highest BCUT2D eigenvalue weighted by molar-refractivity contribution is 5.94. The molecule has 4 rings (SSSR count). The Balaban J connectivity index is 1.31.